The molecular weight excluding hydrogens is 202 g/mol. The van der Waals surface area contributed by atoms with Gasteiger partial charge >= 0.3 is 0 Å². The third-order valence-corrected chi connectivity index (χ3v) is 3.47. The lowest BCUT2D eigenvalue weighted by Gasteiger charge is -2.33. The highest BCUT2D eigenvalue weighted by molar-refractivity contribution is 5.75. The number of rotatable bonds is 5. The van der Waals surface area contributed by atoms with Gasteiger partial charge in [-0.2, -0.15) is 0 Å². The van der Waals surface area contributed by atoms with Crippen LogP contribution in [0.1, 0.15) is 26.2 Å². The first kappa shape index (κ1) is 13.5. The zero-order valence-corrected chi connectivity index (χ0v) is 10.8. The van der Waals surface area contributed by atoms with Crippen LogP contribution >= 0.6 is 0 Å². The van der Waals surface area contributed by atoms with Crippen molar-refractivity contribution in [3.63, 3.8) is 0 Å². The molecule has 2 atom stereocenters. The van der Waals surface area contributed by atoms with Crippen LogP contribution in [0, 0.1) is 5.92 Å². The van der Waals surface area contributed by atoms with Crippen LogP contribution in [-0.4, -0.2) is 50.6 Å². The molecule has 1 saturated heterocycles. The van der Waals surface area contributed by atoms with Crippen LogP contribution in [0.25, 0.3) is 0 Å². The van der Waals surface area contributed by atoms with Crippen molar-refractivity contribution in [2.45, 2.75) is 32.2 Å². The second kappa shape index (κ2) is 6.86. The quantitative estimate of drug-likeness (QED) is 0.716. The molecule has 1 aliphatic heterocycles. The average Bonchev–Trinajstić information content (AvgIpc) is 2.28. The molecule has 0 aliphatic carbocycles. The monoisotopic (exact) mass is 227 g/mol. The molecular formula is C12H25N3O. The average molecular weight is 227 g/mol. The molecule has 0 aromatic rings. The Labute approximate surface area is 98.8 Å². The predicted molar refractivity (Wildman–Crippen MR) is 66.4 cm³/mol. The molecule has 1 amide bonds. The van der Waals surface area contributed by atoms with E-state index >= 15 is 0 Å². The number of piperidine rings is 1. The third-order valence-electron chi connectivity index (χ3n) is 3.47. The molecule has 0 radical (unpaired) electrons. The van der Waals surface area contributed by atoms with Gasteiger partial charge in [-0.3, -0.25) is 4.79 Å². The number of likely N-dealkylation sites (tertiary alicyclic amines) is 1. The van der Waals surface area contributed by atoms with Crippen LogP contribution in [-0.2, 0) is 4.79 Å². The first-order chi connectivity index (χ1) is 7.63. The molecule has 0 bridgehead atoms. The van der Waals surface area contributed by atoms with Crippen LogP contribution < -0.4 is 10.6 Å². The third kappa shape index (κ3) is 4.49. The van der Waals surface area contributed by atoms with Crippen molar-refractivity contribution >= 4 is 5.91 Å². The molecule has 0 saturated carbocycles. The lowest BCUT2D eigenvalue weighted by molar-refractivity contribution is -0.120. The first-order valence-electron chi connectivity index (χ1n) is 6.26. The summed E-state index contributed by atoms with van der Waals surface area (Å²) in [6, 6.07) is 0.507. The molecule has 2 N–H and O–H groups in total. The van der Waals surface area contributed by atoms with Crippen LogP contribution in [0.4, 0.5) is 0 Å². The molecule has 1 heterocycles. The molecule has 0 aromatic carbocycles. The number of carbonyl (C=O) groups is 1. The largest absolute Gasteiger partial charge is 0.359 e. The zero-order valence-electron chi connectivity index (χ0n) is 10.8. The summed E-state index contributed by atoms with van der Waals surface area (Å²) in [7, 11) is 3.87. The summed E-state index contributed by atoms with van der Waals surface area (Å²) in [4.78, 5) is 13.5. The van der Waals surface area contributed by atoms with Gasteiger partial charge in [-0.1, -0.05) is 0 Å². The maximum absolute atomic E-state index is 11.1. The number of nitrogens with one attached hydrogen (secondary N) is 2. The molecule has 1 rings (SSSR count). The van der Waals surface area contributed by atoms with Gasteiger partial charge in [0, 0.05) is 32.6 Å². The summed E-state index contributed by atoms with van der Waals surface area (Å²) in [6.45, 7) is 5.41. The van der Waals surface area contributed by atoms with Gasteiger partial charge in [-0.15, -0.1) is 0 Å². The SMILES string of the molecule is CNC(=O)CCNC(C)C1CCCN(C)C1. The second-order valence-corrected chi connectivity index (χ2v) is 4.83. The Kier molecular flexibility index (Phi) is 5.77. The number of nitrogens with zero attached hydrogens (tertiary/aromatic N) is 1. The molecule has 16 heavy (non-hydrogen) atoms. The van der Waals surface area contributed by atoms with E-state index in [4.69, 9.17) is 0 Å². The van der Waals surface area contributed by atoms with E-state index in [0.29, 0.717) is 12.5 Å². The van der Waals surface area contributed by atoms with E-state index in [0.717, 1.165) is 12.5 Å². The minimum atomic E-state index is 0.112. The molecule has 4 heteroatoms. The minimum absolute atomic E-state index is 0.112. The fourth-order valence-corrected chi connectivity index (χ4v) is 2.32. The molecule has 4 nitrogen and oxygen atoms in total. The molecule has 0 aromatic heterocycles. The molecule has 1 aliphatic rings. The Morgan fingerprint density at radius 1 is 1.56 bits per heavy atom. The summed E-state index contributed by atoms with van der Waals surface area (Å²) in [6.07, 6.45) is 3.17. The normalized spacial score (nSPS) is 24.1. The van der Waals surface area contributed by atoms with Crippen molar-refractivity contribution in [3.8, 4) is 0 Å². The van der Waals surface area contributed by atoms with Crippen molar-refractivity contribution in [1.29, 1.82) is 0 Å². The van der Waals surface area contributed by atoms with E-state index in [1.807, 2.05) is 0 Å². The Morgan fingerprint density at radius 2 is 2.31 bits per heavy atom. The first-order valence-corrected chi connectivity index (χ1v) is 6.26. The Balaban J connectivity index is 2.18. The van der Waals surface area contributed by atoms with Gasteiger partial charge < -0.3 is 15.5 Å². The van der Waals surface area contributed by atoms with E-state index in [9.17, 15) is 4.79 Å². The van der Waals surface area contributed by atoms with Gasteiger partial charge in [0.2, 0.25) is 5.91 Å². The molecule has 2 unspecified atom stereocenters. The lowest BCUT2D eigenvalue weighted by Crippen LogP contribution is -2.43. The van der Waals surface area contributed by atoms with Gasteiger partial charge in [0.15, 0.2) is 0 Å². The van der Waals surface area contributed by atoms with Crippen molar-refractivity contribution in [1.82, 2.24) is 15.5 Å². The van der Waals surface area contributed by atoms with E-state index in [1.165, 1.54) is 25.9 Å². The standard InChI is InChI=1S/C12H25N3O/c1-10(14-7-6-12(16)13-2)11-5-4-8-15(3)9-11/h10-11,14H,4-9H2,1-3H3,(H,13,16). The van der Waals surface area contributed by atoms with Crippen LogP contribution in [0.15, 0.2) is 0 Å². The maximum Gasteiger partial charge on any atom is 0.221 e. The fourth-order valence-electron chi connectivity index (χ4n) is 2.32. The Morgan fingerprint density at radius 3 is 2.94 bits per heavy atom. The molecule has 1 fully saturated rings. The van der Waals surface area contributed by atoms with E-state index in [-0.39, 0.29) is 5.91 Å². The van der Waals surface area contributed by atoms with E-state index in [2.05, 4.69) is 29.5 Å². The minimum Gasteiger partial charge on any atom is -0.359 e. The second-order valence-electron chi connectivity index (χ2n) is 4.83. The highest BCUT2D eigenvalue weighted by Crippen LogP contribution is 2.18. The smallest absolute Gasteiger partial charge is 0.221 e. The summed E-state index contributed by atoms with van der Waals surface area (Å²) < 4.78 is 0. The van der Waals surface area contributed by atoms with Crippen LogP contribution in [0.3, 0.4) is 0 Å². The van der Waals surface area contributed by atoms with Crippen molar-refractivity contribution in [2.75, 3.05) is 33.7 Å². The lowest BCUT2D eigenvalue weighted by atomic mass is 9.92. The van der Waals surface area contributed by atoms with E-state index < -0.39 is 0 Å². The van der Waals surface area contributed by atoms with Crippen molar-refractivity contribution in [2.24, 2.45) is 5.92 Å². The van der Waals surface area contributed by atoms with Gasteiger partial charge in [0.25, 0.3) is 0 Å². The van der Waals surface area contributed by atoms with E-state index in [1.54, 1.807) is 7.05 Å². The summed E-state index contributed by atoms with van der Waals surface area (Å²) >= 11 is 0. The van der Waals surface area contributed by atoms with Gasteiger partial charge in [-0.05, 0) is 39.3 Å². The van der Waals surface area contributed by atoms with Gasteiger partial charge in [-0.25, -0.2) is 0 Å². The summed E-state index contributed by atoms with van der Waals surface area (Å²) in [5.74, 6) is 0.837. The zero-order chi connectivity index (χ0) is 12.0. The van der Waals surface area contributed by atoms with Gasteiger partial charge in [0.1, 0.15) is 0 Å². The highest BCUT2D eigenvalue weighted by atomic mass is 16.1. The topological polar surface area (TPSA) is 44.4 Å². The predicted octanol–water partition coefficient (Wildman–Crippen LogP) is 0.442. The number of carbonyl (C=O) groups excluding carboxylic acids is 1. The van der Waals surface area contributed by atoms with Crippen molar-refractivity contribution in [3.05, 3.63) is 0 Å². The summed E-state index contributed by atoms with van der Waals surface area (Å²) in [5.41, 5.74) is 0. The highest BCUT2D eigenvalue weighted by Gasteiger charge is 2.22. The number of hydrogen-bond donors (Lipinski definition) is 2. The Bertz CT molecular complexity index is 220. The van der Waals surface area contributed by atoms with Crippen LogP contribution in [0.5, 0.6) is 0 Å². The number of amides is 1. The fraction of sp³-hybridized carbons (Fsp3) is 0.917. The summed E-state index contributed by atoms with van der Waals surface area (Å²) in [5, 5.41) is 6.09. The van der Waals surface area contributed by atoms with Crippen molar-refractivity contribution < 1.29 is 4.79 Å². The maximum atomic E-state index is 11.1. The van der Waals surface area contributed by atoms with Crippen LogP contribution in [0.2, 0.25) is 0 Å². The molecule has 94 valence electrons. The van der Waals surface area contributed by atoms with Gasteiger partial charge in [0.05, 0.1) is 0 Å². The molecule has 0 spiro atoms. The Hall–Kier alpha value is -0.610. The number of hydrogen-bond acceptors (Lipinski definition) is 3.